The molecule has 0 saturated heterocycles. The molecule has 1 aliphatic rings. The molecule has 0 bridgehead atoms. The van der Waals surface area contributed by atoms with Gasteiger partial charge in [-0.25, -0.2) is 4.39 Å². The lowest BCUT2D eigenvalue weighted by molar-refractivity contribution is 0.0846. The average Bonchev–Trinajstić information content (AvgIpc) is 2.75. The molecular weight excluding hydrogens is 285 g/mol. The Hall–Kier alpha value is -0.450. The minimum absolute atomic E-state index is 0.168. The normalized spacial score (nSPS) is 24.2. The van der Waals surface area contributed by atoms with Crippen LogP contribution in [-0.4, -0.2) is 19.3 Å². The largest absolute Gasteiger partial charge is 0.380 e. The SMILES string of the molecule is COC1CCCC1NCc1ccc(Br)cc1F. The Kier molecular flexibility index (Phi) is 4.54. The van der Waals surface area contributed by atoms with Crippen LogP contribution < -0.4 is 5.32 Å². The van der Waals surface area contributed by atoms with E-state index >= 15 is 0 Å². The molecule has 1 saturated carbocycles. The van der Waals surface area contributed by atoms with E-state index in [0.29, 0.717) is 18.2 Å². The van der Waals surface area contributed by atoms with Gasteiger partial charge in [0.25, 0.3) is 0 Å². The Labute approximate surface area is 110 Å². The summed E-state index contributed by atoms with van der Waals surface area (Å²) in [4.78, 5) is 0. The number of ether oxygens (including phenoxy) is 1. The number of hydrogen-bond acceptors (Lipinski definition) is 2. The third-order valence-electron chi connectivity index (χ3n) is 3.33. The molecule has 4 heteroatoms. The lowest BCUT2D eigenvalue weighted by Gasteiger charge is -2.19. The molecule has 2 nitrogen and oxygen atoms in total. The molecule has 2 atom stereocenters. The van der Waals surface area contributed by atoms with Crippen molar-refractivity contribution in [2.45, 2.75) is 38.0 Å². The summed E-state index contributed by atoms with van der Waals surface area (Å²) in [5, 5.41) is 3.38. The first-order valence-corrected chi connectivity index (χ1v) is 6.70. The minimum Gasteiger partial charge on any atom is -0.380 e. The van der Waals surface area contributed by atoms with Gasteiger partial charge in [-0.3, -0.25) is 0 Å². The fourth-order valence-corrected chi connectivity index (χ4v) is 2.68. The Balaban J connectivity index is 1.93. The van der Waals surface area contributed by atoms with Crippen LogP contribution in [0.5, 0.6) is 0 Å². The van der Waals surface area contributed by atoms with Crippen molar-refractivity contribution in [3.05, 3.63) is 34.1 Å². The molecular formula is C13H17BrFNO. The number of halogens is 2. The van der Waals surface area contributed by atoms with Crippen LogP contribution in [0.25, 0.3) is 0 Å². The summed E-state index contributed by atoms with van der Waals surface area (Å²) < 4.78 is 19.8. The zero-order chi connectivity index (χ0) is 12.3. The Morgan fingerprint density at radius 2 is 2.29 bits per heavy atom. The smallest absolute Gasteiger partial charge is 0.128 e. The van der Waals surface area contributed by atoms with Gasteiger partial charge in [0.05, 0.1) is 6.10 Å². The Morgan fingerprint density at radius 1 is 1.47 bits per heavy atom. The predicted molar refractivity (Wildman–Crippen MR) is 69.4 cm³/mol. The minimum atomic E-state index is -0.168. The first-order valence-electron chi connectivity index (χ1n) is 5.91. The van der Waals surface area contributed by atoms with Crippen LogP contribution >= 0.6 is 15.9 Å². The zero-order valence-corrected chi connectivity index (χ0v) is 11.5. The van der Waals surface area contributed by atoms with E-state index in [9.17, 15) is 4.39 Å². The predicted octanol–water partition coefficient (Wildman–Crippen LogP) is 3.25. The summed E-state index contributed by atoms with van der Waals surface area (Å²) in [6.45, 7) is 0.559. The summed E-state index contributed by atoms with van der Waals surface area (Å²) in [7, 11) is 1.74. The number of benzene rings is 1. The van der Waals surface area contributed by atoms with E-state index in [1.807, 2.05) is 12.1 Å². The molecule has 0 aliphatic heterocycles. The monoisotopic (exact) mass is 301 g/mol. The van der Waals surface area contributed by atoms with Gasteiger partial charge in [-0.05, 0) is 31.4 Å². The van der Waals surface area contributed by atoms with E-state index in [4.69, 9.17) is 4.74 Å². The molecule has 2 unspecified atom stereocenters. The van der Waals surface area contributed by atoms with Crippen molar-refractivity contribution in [3.63, 3.8) is 0 Å². The van der Waals surface area contributed by atoms with Gasteiger partial charge < -0.3 is 10.1 Å². The van der Waals surface area contributed by atoms with E-state index in [0.717, 1.165) is 17.3 Å². The first-order chi connectivity index (χ1) is 8.20. The van der Waals surface area contributed by atoms with E-state index in [-0.39, 0.29) is 11.9 Å². The molecule has 0 radical (unpaired) electrons. The van der Waals surface area contributed by atoms with E-state index in [1.165, 1.54) is 12.5 Å². The highest BCUT2D eigenvalue weighted by atomic mass is 79.9. The van der Waals surface area contributed by atoms with Gasteiger partial charge in [0.15, 0.2) is 0 Å². The van der Waals surface area contributed by atoms with E-state index < -0.39 is 0 Å². The molecule has 0 amide bonds. The van der Waals surface area contributed by atoms with Crippen LogP contribution in [-0.2, 0) is 11.3 Å². The Bertz CT molecular complexity index is 386. The molecule has 1 fully saturated rings. The van der Waals surface area contributed by atoms with Crippen LogP contribution in [0.1, 0.15) is 24.8 Å². The van der Waals surface area contributed by atoms with Gasteiger partial charge in [0.2, 0.25) is 0 Å². The summed E-state index contributed by atoms with van der Waals surface area (Å²) >= 11 is 3.25. The molecule has 0 spiro atoms. The highest BCUT2D eigenvalue weighted by molar-refractivity contribution is 9.10. The second-order valence-corrected chi connectivity index (χ2v) is 5.34. The van der Waals surface area contributed by atoms with Gasteiger partial charge in [-0.2, -0.15) is 0 Å². The van der Waals surface area contributed by atoms with Crippen molar-refractivity contribution in [2.75, 3.05) is 7.11 Å². The number of methoxy groups -OCH3 is 1. The quantitative estimate of drug-likeness (QED) is 0.922. The van der Waals surface area contributed by atoms with Gasteiger partial charge >= 0.3 is 0 Å². The second kappa shape index (κ2) is 5.94. The summed E-state index contributed by atoms with van der Waals surface area (Å²) in [5.41, 5.74) is 0.704. The van der Waals surface area contributed by atoms with E-state index in [1.54, 1.807) is 7.11 Å². The summed E-state index contributed by atoms with van der Waals surface area (Å²) in [6, 6.07) is 5.52. The van der Waals surface area contributed by atoms with Crippen LogP contribution in [0.2, 0.25) is 0 Å². The number of hydrogen-bond donors (Lipinski definition) is 1. The second-order valence-electron chi connectivity index (χ2n) is 4.43. The lowest BCUT2D eigenvalue weighted by atomic mass is 10.1. The van der Waals surface area contributed by atoms with Gasteiger partial charge in [0, 0.05) is 29.7 Å². The van der Waals surface area contributed by atoms with Crippen LogP contribution in [0.4, 0.5) is 4.39 Å². The molecule has 94 valence electrons. The van der Waals surface area contributed by atoms with Crippen molar-refractivity contribution in [1.29, 1.82) is 0 Å². The highest BCUT2D eigenvalue weighted by Gasteiger charge is 2.26. The molecule has 1 aromatic carbocycles. The lowest BCUT2D eigenvalue weighted by Crippen LogP contribution is -2.36. The molecule has 1 N–H and O–H groups in total. The van der Waals surface area contributed by atoms with Crippen LogP contribution in [0.3, 0.4) is 0 Å². The third-order valence-corrected chi connectivity index (χ3v) is 3.82. The van der Waals surface area contributed by atoms with E-state index in [2.05, 4.69) is 21.2 Å². The Morgan fingerprint density at radius 3 is 3.00 bits per heavy atom. The average molecular weight is 302 g/mol. The number of nitrogens with one attached hydrogen (secondary N) is 1. The van der Waals surface area contributed by atoms with Gasteiger partial charge in [-0.1, -0.05) is 22.0 Å². The van der Waals surface area contributed by atoms with Gasteiger partial charge in [-0.15, -0.1) is 0 Å². The van der Waals surface area contributed by atoms with Crippen molar-refractivity contribution in [3.8, 4) is 0 Å². The summed E-state index contributed by atoms with van der Waals surface area (Å²) in [6.07, 6.45) is 3.65. The van der Waals surface area contributed by atoms with Crippen molar-refractivity contribution >= 4 is 15.9 Å². The molecule has 1 aromatic rings. The highest BCUT2D eigenvalue weighted by Crippen LogP contribution is 2.22. The molecule has 17 heavy (non-hydrogen) atoms. The maximum absolute atomic E-state index is 13.6. The maximum Gasteiger partial charge on any atom is 0.128 e. The van der Waals surface area contributed by atoms with Crippen molar-refractivity contribution in [1.82, 2.24) is 5.32 Å². The topological polar surface area (TPSA) is 21.3 Å². The van der Waals surface area contributed by atoms with Crippen molar-refractivity contribution < 1.29 is 9.13 Å². The standard InChI is InChI=1S/C13H17BrFNO/c1-17-13-4-2-3-12(13)16-8-9-5-6-10(14)7-11(9)15/h5-7,12-13,16H,2-4,8H2,1H3. The summed E-state index contributed by atoms with van der Waals surface area (Å²) in [5.74, 6) is -0.168. The third kappa shape index (κ3) is 3.27. The molecule has 1 aliphatic carbocycles. The maximum atomic E-state index is 13.6. The van der Waals surface area contributed by atoms with Crippen LogP contribution in [0, 0.1) is 5.82 Å². The zero-order valence-electron chi connectivity index (χ0n) is 9.88. The molecule has 2 rings (SSSR count). The van der Waals surface area contributed by atoms with Gasteiger partial charge in [0.1, 0.15) is 5.82 Å². The number of rotatable bonds is 4. The fourth-order valence-electron chi connectivity index (χ4n) is 2.35. The fraction of sp³-hybridized carbons (Fsp3) is 0.538. The molecule has 0 aromatic heterocycles. The van der Waals surface area contributed by atoms with Crippen molar-refractivity contribution in [2.24, 2.45) is 0 Å². The first kappa shape index (κ1) is 13.0. The molecule has 0 heterocycles. The van der Waals surface area contributed by atoms with Crippen LogP contribution in [0.15, 0.2) is 22.7 Å².